The van der Waals surface area contributed by atoms with Gasteiger partial charge in [-0.1, -0.05) is 19.1 Å². The number of nitrogens with one attached hydrogen (secondary N) is 3. The van der Waals surface area contributed by atoms with E-state index < -0.39 is 17.8 Å². The molecule has 0 saturated carbocycles. The van der Waals surface area contributed by atoms with Crippen LogP contribution in [0.1, 0.15) is 24.5 Å². The van der Waals surface area contributed by atoms with E-state index in [1.54, 1.807) is 0 Å². The Labute approximate surface area is 126 Å². The molecule has 3 amide bonds. The fraction of sp³-hybridized carbons (Fsp3) is 0.429. The first-order chi connectivity index (χ1) is 10.3. The molecule has 0 aliphatic heterocycles. The summed E-state index contributed by atoms with van der Waals surface area (Å²) in [6, 6.07) is 4.05. The van der Waals surface area contributed by atoms with Crippen molar-refractivity contribution in [1.29, 1.82) is 0 Å². The first-order valence-corrected chi connectivity index (χ1v) is 6.77. The van der Waals surface area contributed by atoms with Crippen LogP contribution in [-0.2, 0) is 17.5 Å². The second kappa shape index (κ2) is 8.26. The van der Waals surface area contributed by atoms with Crippen LogP contribution in [0.15, 0.2) is 24.3 Å². The van der Waals surface area contributed by atoms with E-state index in [1.165, 1.54) is 12.1 Å². The van der Waals surface area contributed by atoms with Crippen molar-refractivity contribution in [3.63, 3.8) is 0 Å². The summed E-state index contributed by atoms with van der Waals surface area (Å²) in [4.78, 5) is 22.7. The molecule has 1 rings (SSSR count). The van der Waals surface area contributed by atoms with Crippen molar-refractivity contribution in [1.82, 2.24) is 16.0 Å². The summed E-state index contributed by atoms with van der Waals surface area (Å²) >= 11 is 0. The lowest BCUT2D eigenvalue weighted by atomic mass is 10.1. The van der Waals surface area contributed by atoms with Crippen molar-refractivity contribution in [3.05, 3.63) is 35.4 Å². The minimum Gasteiger partial charge on any atom is -0.355 e. The number of alkyl halides is 3. The molecule has 0 bridgehead atoms. The van der Waals surface area contributed by atoms with Crippen molar-refractivity contribution in [2.75, 3.05) is 13.1 Å². The van der Waals surface area contributed by atoms with Gasteiger partial charge in [-0.25, -0.2) is 4.79 Å². The van der Waals surface area contributed by atoms with Crippen molar-refractivity contribution in [3.8, 4) is 0 Å². The number of benzene rings is 1. The topological polar surface area (TPSA) is 70.2 Å². The Morgan fingerprint density at radius 2 is 1.86 bits per heavy atom. The van der Waals surface area contributed by atoms with Gasteiger partial charge in [0.25, 0.3) is 0 Å². The molecule has 5 nitrogen and oxygen atoms in total. The van der Waals surface area contributed by atoms with Crippen molar-refractivity contribution < 1.29 is 22.8 Å². The summed E-state index contributed by atoms with van der Waals surface area (Å²) in [5.74, 6) is -0.323. The number of carbonyl (C=O) groups excluding carboxylic acids is 2. The molecule has 0 saturated heterocycles. The fourth-order valence-corrected chi connectivity index (χ4v) is 1.59. The van der Waals surface area contributed by atoms with E-state index in [4.69, 9.17) is 0 Å². The highest BCUT2D eigenvalue weighted by molar-refractivity contribution is 5.83. The lowest BCUT2D eigenvalue weighted by molar-refractivity contribution is -0.137. The SMILES string of the molecule is CCCNC(=O)CNC(=O)NCc1cccc(C(F)(F)F)c1. The first-order valence-electron chi connectivity index (χ1n) is 6.77. The third-order valence-corrected chi connectivity index (χ3v) is 2.69. The standard InChI is InChI=1S/C14H18F3N3O2/c1-2-6-18-12(21)9-20-13(22)19-8-10-4-3-5-11(7-10)14(15,16)17/h3-5,7H,2,6,8-9H2,1H3,(H,18,21)(H2,19,20,22). The molecule has 22 heavy (non-hydrogen) atoms. The summed E-state index contributed by atoms with van der Waals surface area (Å²) in [6.07, 6.45) is -3.64. The lowest BCUT2D eigenvalue weighted by Gasteiger charge is -2.10. The molecule has 0 aromatic heterocycles. The second-order valence-electron chi connectivity index (χ2n) is 4.58. The Hall–Kier alpha value is -2.25. The van der Waals surface area contributed by atoms with Crippen molar-refractivity contribution >= 4 is 11.9 Å². The average molecular weight is 317 g/mol. The minimum atomic E-state index is -4.42. The van der Waals surface area contributed by atoms with Gasteiger partial charge in [-0.05, 0) is 24.1 Å². The van der Waals surface area contributed by atoms with Gasteiger partial charge in [0.2, 0.25) is 5.91 Å². The van der Waals surface area contributed by atoms with Crippen LogP contribution in [0.25, 0.3) is 0 Å². The van der Waals surface area contributed by atoms with E-state index in [9.17, 15) is 22.8 Å². The summed E-state index contributed by atoms with van der Waals surface area (Å²) in [5.41, 5.74) is -0.452. The van der Waals surface area contributed by atoms with E-state index in [1.807, 2.05) is 6.92 Å². The van der Waals surface area contributed by atoms with Crippen LogP contribution in [0.4, 0.5) is 18.0 Å². The van der Waals surface area contributed by atoms with Crippen LogP contribution in [0.2, 0.25) is 0 Å². The molecule has 0 spiro atoms. The number of rotatable bonds is 6. The third-order valence-electron chi connectivity index (χ3n) is 2.69. The number of amides is 3. The number of halogens is 3. The van der Waals surface area contributed by atoms with Crippen LogP contribution >= 0.6 is 0 Å². The predicted molar refractivity (Wildman–Crippen MR) is 75.0 cm³/mol. The van der Waals surface area contributed by atoms with E-state index in [0.717, 1.165) is 18.6 Å². The normalized spacial score (nSPS) is 10.9. The maximum atomic E-state index is 12.5. The quantitative estimate of drug-likeness (QED) is 0.751. The average Bonchev–Trinajstić information content (AvgIpc) is 2.48. The van der Waals surface area contributed by atoms with Crippen LogP contribution in [0.3, 0.4) is 0 Å². The van der Waals surface area contributed by atoms with E-state index in [2.05, 4.69) is 16.0 Å². The summed E-state index contributed by atoms with van der Waals surface area (Å²) in [6.45, 7) is 2.17. The first kappa shape index (κ1) is 17.8. The Kier molecular flexibility index (Phi) is 6.68. The highest BCUT2D eigenvalue weighted by Crippen LogP contribution is 2.29. The molecule has 0 radical (unpaired) electrons. The Morgan fingerprint density at radius 1 is 1.14 bits per heavy atom. The highest BCUT2D eigenvalue weighted by Gasteiger charge is 2.30. The van der Waals surface area contributed by atoms with E-state index >= 15 is 0 Å². The van der Waals surface area contributed by atoms with Gasteiger partial charge in [-0.3, -0.25) is 4.79 Å². The molecule has 0 aliphatic carbocycles. The van der Waals surface area contributed by atoms with E-state index in [-0.39, 0.29) is 19.0 Å². The molecular weight excluding hydrogens is 299 g/mol. The van der Waals surface area contributed by atoms with Crippen molar-refractivity contribution in [2.45, 2.75) is 26.1 Å². The fourth-order valence-electron chi connectivity index (χ4n) is 1.59. The Bertz CT molecular complexity index is 518. The van der Waals surface area contributed by atoms with Crippen LogP contribution in [0, 0.1) is 0 Å². The molecule has 1 aromatic rings. The summed E-state index contributed by atoms with van der Waals surface area (Å²) in [5, 5.41) is 7.29. The highest BCUT2D eigenvalue weighted by atomic mass is 19.4. The molecule has 0 unspecified atom stereocenters. The minimum absolute atomic E-state index is 0.0632. The molecule has 0 atom stereocenters. The summed E-state index contributed by atoms with van der Waals surface area (Å²) in [7, 11) is 0. The molecule has 1 aromatic carbocycles. The van der Waals surface area contributed by atoms with Gasteiger partial charge in [-0.2, -0.15) is 13.2 Å². The van der Waals surface area contributed by atoms with Crippen LogP contribution in [0.5, 0.6) is 0 Å². The van der Waals surface area contributed by atoms with E-state index in [0.29, 0.717) is 12.1 Å². The van der Waals surface area contributed by atoms with Gasteiger partial charge in [-0.15, -0.1) is 0 Å². The van der Waals surface area contributed by atoms with Gasteiger partial charge in [0, 0.05) is 13.1 Å². The molecule has 8 heteroatoms. The van der Waals surface area contributed by atoms with Gasteiger partial charge in [0.15, 0.2) is 0 Å². The zero-order valence-electron chi connectivity index (χ0n) is 12.1. The number of urea groups is 1. The zero-order valence-corrected chi connectivity index (χ0v) is 12.1. The maximum absolute atomic E-state index is 12.5. The van der Waals surface area contributed by atoms with Gasteiger partial charge in [0.05, 0.1) is 12.1 Å². The molecule has 0 aliphatic rings. The Morgan fingerprint density at radius 3 is 2.50 bits per heavy atom. The van der Waals surface area contributed by atoms with Crippen LogP contribution in [-0.4, -0.2) is 25.0 Å². The zero-order chi connectivity index (χ0) is 16.6. The second-order valence-corrected chi connectivity index (χ2v) is 4.58. The van der Waals surface area contributed by atoms with Crippen LogP contribution < -0.4 is 16.0 Å². The molecular formula is C14H18F3N3O2. The lowest BCUT2D eigenvalue weighted by Crippen LogP contribution is -2.41. The number of hydrogen-bond donors (Lipinski definition) is 3. The monoisotopic (exact) mass is 317 g/mol. The van der Waals surface area contributed by atoms with Gasteiger partial charge in [0.1, 0.15) is 0 Å². The Balaban J connectivity index is 2.40. The largest absolute Gasteiger partial charge is 0.416 e. The molecule has 122 valence electrons. The van der Waals surface area contributed by atoms with Gasteiger partial charge < -0.3 is 16.0 Å². The molecule has 0 heterocycles. The van der Waals surface area contributed by atoms with Crippen molar-refractivity contribution in [2.24, 2.45) is 0 Å². The number of hydrogen-bond acceptors (Lipinski definition) is 2. The smallest absolute Gasteiger partial charge is 0.355 e. The molecule has 3 N–H and O–H groups in total. The number of carbonyl (C=O) groups is 2. The predicted octanol–water partition coefficient (Wildman–Crippen LogP) is 2.03. The molecule has 0 fully saturated rings. The van der Waals surface area contributed by atoms with Gasteiger partial charge >= 0.3 is 12.2 Å². The maximum Gasteiger partial charge on any atom is 0.416 e. The summed E-state index contributed by atoms with van der Waals surface area (Å²) < 4.78 is 37.6. The third kappa shape index (κ3) is 6.47.